The van der Waals surface area contributed by atoms with Crippen LogP contribution in [0.5, 0.6) is 0 Å². The third-order valence-corrected chi connectivity index (χ3v) is 10.1. The average Bonchev–Trinajstić information content (AvgIpc) is 3.19. The lowest BCUT2D eigenvalue weighted by Crippen LogP contribution is -2.30. The van der Waals surface area contributed by atoms with Gasteiger partial charge in [-0.3, -0.25) is 14.4 Å². The van der Waals surface area contributed by atoms with Crippen LogP contribution in [0.4, 0.5) is 0 Å². The highest BCUT2D eigenvalue weighted by molar-refractivity contribution is 5.71. The standard InChI is InChI=1S/C50H88O6/c1-4-7-10-13-16-19-22-24-25-26-27-29-31-34-37-40-43-49(52)55-46-47(45-54-48(51)42-39-36-33-30-21-18-15-12-9-6-3)56-50(53)44-41-38-35-32-28-23-20-17-14-11-8-5-2/h7,10,16,19,24-25,27,29,47H,4-6,8-9,11-15,17-18,20-23,26,28,30-46H2,1-3H3/b10-7-,19-16-,25-24-,29-27-. The molecule has 0 aliphatic rings. The molecule has 0 fully saturated rings. The SMILES string of the molecule is CC/C=C\C/C=C\C/C=C\C/C=C\CCCCCC(=O)OCC(COC(=O)CCCCCCCCCCCC)OC(=O)CCCCCCCCCCCCCC. The van der Waals surface area contributed by atoms with Crippen molar-refractivity contribution in [2.45, 2.75) is 239 Å². The summed E-state index contributed by atoms with van der Waals surface area (Å²) >= 11 is 0. The second-order valence-corrected chi connectivity index (χ2v) is 15.6. The topological polar surface area (TPSA) is 78.9 Å². The third kappa shape index (κ3) is 42.5. The van der Waals surface area contributed by atoms with E-state index >= 15 is 0 Å². The summed E-state index contributed by atoms with van der Waals surface area (Å²) in [6.45, 7) is 6.48. The van der Waals surface area contributed by atoms with Crippen LogP contribution in [0.15, 0.2) is 48.6 Å². The van der Waals surface area contributed by atoms with E-state index in [9.17, 15) is 14.4 Å². The van der Waals surface area contributed by atoms with Crippen molar-refractivity contribution in [3.63, 3.8) is 0 Å². The number of rotatable bonds is 42. The first-order chi connectivity index (χ1) is 27.5. The summed E-state index contributed by atoms with van der Waals surface area (Å²) in [5, 5.41) is 0. The van der Waals surface area contributed by atoms with Crippen molar-refractivity contribution in [2.75, 3.05) is 13.2 Å². The molecule has 6 heteroatoms. The van der Waals surface area contributed by atoms with E-state index in [1.54, 1.807) is 0 Å². The number of hydrogen-bond donors (Lipinski definition) is 0. The van der Waals surface area contributed by atoms with Gasteiger partial charge < -0.3 is 14.2 Å². The lowest BCUT2D eigenvalue weighted by molar-refractivity contribution is -0.167. The van der Waals surface area contributed by atoms with E-state index in [1.165, 1.54) is 103 Å². The largest absolute Gasteiger partial charge is 0.462 e. The Hall–Kier alpha value is -2.63. The highest BCUT2D eigenvalue weighted by Gasteiger charge is 2.19. The zero-order valence-electron chi connectivity index (χ0n) is 36.9. The van der Waals surface area contributed by atoms with Crippen LogP contribution in [0.2, 0.25) is 0 Å². The Morgan fingerprint density at radius 3 is 1.09 bits per heavy atom. The number of esters is 3. The fourth-order valence-electron chi connectivity index (χ4n) is 6.55. The van der Waals surface area contributed by atoms with E-state index < -0.39 is 6.10 Å². The summed E-state index contributed by atoms with van der Waals surface area (Å²) in [7, 11) is 0. The first-order valence-electron chi connectivity index (χ1n) is 23.6. The van der Waals surface area contributed by atoms with Crippen LogP contribution < -0.4 is 0 Å². The van der Waals surface area contributed by atoms with E-state index in [4.69, 9.17) is 14.2 Å². The molecule has 0 radical (unpaired) electrons. The minimum atomic E-state index is -0.779. The number of ether oxygens (including phenoxy) is 3. The molecule has 0 rings (SSSR count). The van der Waals surface area contributed by atoms with Gasteiger partial charge in [-0.1, -0.05) is 204 Å². The van der Waals surface area contributed by atoms with Crippen LogP contribution in [-0.2, 0) is 28.6 Å². The van der Waals surface area contributed by atoms with Crippen molar-refractivity contribution in [3.05, 3.63) is 48.6 Å². The van der Waals surface area contributed by atoms with Crippen molar-refractivity contribution in [2.24, 2.45) is 0 Å². The first-order valence-corrected chi connectivity index (χ1v) is 23.6. The summed E-state index contributed by atoms with van der Waals surface area (Å²) in [6.07, 6.45) is 52.3. The molecule has 0 N–H and O–H groups in total. The fourth-order valence-corrected chi connectivity index (χ4v) is 6.55. The van der Waals surface area contributed by atoms with Crippen molar-refractivity contribution in [1.29, 1.82) is 0 Å². The second-order valence-electron chi connectivity index (χ2n) is 15.6. The molecule has 0 saturated heterocycles. The minimum absolute atomic E-state index is 0.0804. The molecule has 0 amide bonds. The smallest absolute Gasteiger partial charge is 0.306 e. The Bertz CT molecular complexity index is 996. The summed E-state index contributed by atoms with van der Waals surface area (Å²) in [5.74, 6) is -0.911. The van der Waals surface area contributed by atoms with Gasteiger partial charge in [0.05, 0.1) is 0 Å². The van der Waals surface area contributed by atoms with Crippen LogP contribution in [0.3, 0.4) is 0 Å². The number of allylic oxidation sites excluding steroid dienone is 8. The van der Waals surface area contributed by atoms with Gasteiger partial charge in [0.1, 0.15) is 13.2 Å². The minimum Gasteiger partial charge on any atom is -0.462 e. The Kier molecular flexibility index (Phi) is 43.0. The van der Waals surface area contributed by atoms with Crippen LogP contribution in [0, 0.1) is 0 Å². The first kappa shape index (κ1) is 53.4. The molecule has 0 bridgehead atoms. The van der Waals surface area contributed by atoms with Crippen LogP contribution in [0.1, 0.15) is 233 Å². The highest BCUT2D eigenvalue weighted by atomic mass is 16.6. The zero-order valence-corrected chi connectivity index (χ0v) is 36.9. The molecule has 0 aliphatic carbocycles. The van der Waals surface area contributed by atoms with Crippen LogP contribution >= 0.6 is 0 Å². The predicted octanol–water partition coefficient (Wildman–Crippen LogP) is 15.1. The van der Waals surface area contributed by atoms with E-state index in [0.29, 0.717) is 19.3 Å². The number of unbranched alkanes of at least 4 members (excludes halogenated alkanes) is 23. The average molecular weight is 785 g/mol. The second kappa shape index (κ2) is 45.1. The molecule has 0 saturated carbocycles. The van der Waals surface area contributed by atoms with Crippen molar-refractivity contribution in [3.8, 4) is 0 Å². The lowest BCUT2D eigenvalue weighted by atomic mass is 10.0. The molecule has 0 aliphatic heterocycles. The Balaban J connectivity index is 4.40. The van der Waals surface area contributed by atoms with Crippen molar-refractivity contribution < 1.29 is 28.6 Å². The van der Waals surface area contributed by atoms with E-state index in [1.807, 2.05) is 0 Å². The number of carbonyl (C=O) groups is 3. The van der Waals surface area contributed by atoms with Gasteiger partial charge in [-0.2, -0.15) is 0 Å². The molecule has 324 valence electrons. The molecule has 6 nitrogen and oxygen atoms in total. The molecule has 56 heavy (non-hydrogen) atoms. The zero-order chi connectivity index (χ0) is 40.8. The van der Waals surface area contributed by atoms with E-state index in [2.05, 4.69) is 69.4 Å². The molecular formula is C50H88O6. The Morgan fingerprint density at radius 2 is 0.696 bits per heavy atom. The predicted molar refractivity (Wildman–Crippen MR) is 238 cm³/mol. The number of hydrogen-bond acceptors (Lipinski definition) is 6. The molecule has 1 atom stereocenters. The maximum absolute atomic E-state index is 12.7. The van der Waals surface area contributed by atoms with E-state index in [0.717, 1.165) is 89.9 Å². The quantitative estimate of drug-likeness (QED) is 0.0265. The van der Waals surface area contributed by atoms with Gasteiger partial charge in [-0.25, -0.2) is 0 Å². The Labute approximate surface area is 346 Å². The maximum Gasteiger partial charge on any atom is 0.306 e. The van der Waals surface area contributed by atoms with Gasteiger partial charge in [-0.05, 0) is 57.8 Å². The summed E-state index contributed by atoms with van der Waals surface area (Å²) in [6, 6.07) is 0. The lowest BCUT2D eigenvalue weighted by Gasteiger charge is -2.18. The van der Waals surface area contributed by atoms with Crippen LogP contribution in [-0.4, -0.2) is 37.2 Å². The normalized spacial score (nSPS) is 12.4. The van der Waals surface area contributed by atoms with E-state index in [-0.39, 0.29) is 31.1 Å². The summed E-state index contributed by atoms with van der Waals surface area (Å²) < 4.78 is 16.7. The molecule has 0 aromatic carbocycles. The summed E-state index contributed by atoms with van der Waals surface area (Å²) in [5.41, 5.74) is 0. The van der Waals surface area contributed by atoms with Gasteiger partial charge in [-0.15, -0.1) is 0 Å². The molecular weight excluding hydrogens is 697 g/mol. The maximum atomic E-state index is 12.7. The molecule has 1 unspecified atom stereocenters. The summed E-state index contributed by atoms with van der Waals surface area (Å²) in [4.78, 5) is 37.7. The third-order valence-electron chi connectivity index (χ3n) is 10.1. The fraction of sp³-hybridized carbons (Fsp3) is 0.780. The molecule has 0 aromatic rings. The van der Waals surface area contributed by atoms with Gasteiger partial charge in [0, 0.05) is 19.3 Å². The van der Waals surface area contributed by atoms with Gasteiger partial charge >= 0.3 is 17.9 Å². The highest BCUT2D eigenvalue weighted by Crippen LogP contribution is 2.15. The molecule has 0 heterocycles. The van der Waals surface area contributed by atoms with Gasteiger partial charge in [0.2, 0.25) is 0 Å². The van der Waals surface area contributed by atoms with Gasteiger partial charge in [0.25, 0.3) is 0 Å². The molecule has 0 spiro atoms. The monoisotopic (exact) mass is 785 g/mol. The van der Waals surface area contributed by atoms with Crippen LogP contribution in [0.25, 0.3) is 0 Å². The van der Waals surface area contributed by atoms with Gasteiger partial charge in [0.15, 0.2) is 6.10 Å². The molecule has 0 aromatic heterocycles. The number of carbonyl (C=O) groups excluding carboxylic acids is 3. The van der Waals surface area contributed by atoms with Crippen molar-refractivity contribution >= 4 is 17.9 Å². The Morgan fingerprint density at radius 1 is 0.375 bits per heavy atom. The van der Waals surface area contributed by atoms with Crippen molar-refractivity contribution in [1.82, 2.24) is 0 Å².